The minimum Gasteiger partial charge on any atom is -0.377 e. The van der Waals surface area contributed by atoms with Crippen LogP contribution >= 0.6 is 11.3 Å². The molecule has 2 aliphatic heterocycles. The number of pyridine rings is 1. The van der Waals surface area contributed by atoms with Crippen molar-refractivity contribution >= 4 is 17.2 Å². The molecule has 4 rings (SSSR count). The average Bonchev–Trinajstić information content (AvgIpc) is 3.18. The molecule has 0 saturated carbocycles. The molecule has 0 amide bonds. The lowest BCUT2D eigenvalue weighted by Crippen LogP contribution is -2.43. The lowest BCUT2D eigenvalue weighted by atomic mass is 9.94. The number of thiophene rings is 1. The fourth-order valence-electron chi connectivity index (χ4n) is 3.95. The number of nitrogens with zero attached hydrogens (tertiary/aromatic N) is 2. The third-order valence-corrected chi connectivity index (χ3v) is 6.19. The Bertz CT molecular complexity index is 771. The SMILES string of the molecule is Cc1ccc(CN2CCOC[C@@]3(C[C@H](CNc4ncccc4F)CO3)C2)s1. The summed E-state index contributed by atoms with van der Waals surface area (Å²) in [7, 11) is 0. The quantitative estimate of drug-likeness (QED) is 0.847. The molecule has 2 aromatic rings. The normalized spacial score (nSPS) is 26.4. The van der Waals surface area contributed by atoms with E-state index in [0.29, 0.717) is 31.5 Å². The van der Waals surface area contributed by atoms with Crippen LogP contribution in [0, 0.1) is 18.7 Å². The molecule has 0 bridgehead atoms. The summed E-state index contributed by atoms with van der Waals surface area (Å²) >= 11 is 1.85. The highest BCUT2D eigenvalue weighted by Gasteiger charge is 2.43. The van der Waals surface area contributed by atoms with E-state index in [2.05, 4.69) is 34.3 Å². The Balaban J connectivity index is 1.35. The summed E-state index contributed by atoms with van der Waals surface area (Å²) in [5.41, 5.74) is -0.266. The summed E-state index contributed by atoms with van der Waals surface area (Å²) < 4.78 is 25.9. The van der Waals surface area contributed by atoms with E-state index >= 15 is 0 Å². The smallest absolute Gasteiger partial charge is 0.165 e. The molecule has 5 nitrogen and oxygen atoms in total. The van der Waals surface area contributed by atoms with Crippen molar-refractivity contribution in [2.45, 2.75) is 25.5 Å². The van der Waals surface area contributed by atoms with Gasteiger partial charge in [-0.25, -0.2) is 9.37 Å². The molecular formula is C20H26FN3O2S. The molecule has 0 unspecified atom stereocenters. The zero-order valence-electron chi connectivity index (χ0n) is 15.6. The number of aryl methyl sites for hydroxylation is 1. The molecule has 27 heavy (non-hydrogen) atoms. The van der Waals surface area contributed by atoms with E-state index in [-0.39, 0.29) is 11.4 Å². The standard InChI is InChI=1S/C20H26FN3O2S/c1-15-4-5-17(27-15)11-24-7-8-25-14-20(13-24)9-16(12-26-20)10-23-19-18(21)3-2-6-22-19/h2-6,16H,7-14H2,1H3,(H,22,23)/t16-,20-/m1/s1. The van der Waals surface area contributed by atoms with Crippen LogP contribution in [0.2, 0.25) is 0 Å². The predicted octanol–water partition coefficient (Wildman–Crippen LogP) is 3.31. The molecular weight excluding hydrogens is 365 g/mol. The number of hydrogen-bond donors (Lipinski definition) is 1. The molecule has 1 spiro atoms. The number of halogens is 1. The van der Waals surface area contributed by atoms with E-state index < -0.39 is 0 Å². The zero-order chi connectivity index (χ0) is 18.7. The van der Waals surface area contributed by atoms with Crippen LogP contribution in [0.15, 0.2) is 30.5 Å². The highest BCUT2D eigenvalue weighted by atomic mass is 32.1. The summed E-state index contributed by atoms with van der Waals surface area (Å²) in [5.74, 6) is 0.311. The Morgan fingerprint density at radius 2 is 2.33 bits per heavy atom. The lowest BCUT2D eigenvalue weighted by Gasteiger charge is -2.31. The lowest BCUT2D eigenvalue weighted by molar-refractivity contribution is -0.0561. The second-order valence-corrected chi connectivity index (χ2v) is 8.93. The van der Waals surface area contributed by atoms with E-state index in [9.17, 15) is 4.39 Å². The van der Waals surface area contributed by atoms with E-state index in [1.54, 1.807) is 12.3 Å². The van der Waals surface area contributed by atoms with Gasteiger partial charge in [0.25, 0.3) is 0 Å². The average molecular weight is 392 g/mol. The first-order chi connectivity index (χ1) is 13.1. The topological polar surface area (TPSA) is 46.6 Å². The van der Waals surface area contributed by atoms with Crippen molar-refractivity contribution in [1.29, 1.82) is 0 Å². The van der Waals surface area contributed by atoms with Gasteiger partial charge in [0.1, 0.15) is 5.60 Å². The maximum Gasteiger partial charge on any atom is 0.165 e. The van der Waals surface area contributed by atoms with Gasteiger partial charge in [0.05, 0.1) is 19.8 Å². The minimum atomic E-state index is -0.318. The molecule has 2 fully saturated rings. The summed E-state index contributed by atoms with van der Waals surface area (Å²) in [6, 6.07) is 7.41. The molecule has 0 radical (unpaired) electrons. The first-order valence-electron chi connectivity index (χ1n) is 9.46. The van der Waals surface area contributed by atoms with Crippen molar-refractivity contribution in [3.05, 3.63) is 46.0 Å². The van der Waals surface area contributed by atoms with Crippen LogP contribution in [0.1, 0.15) is 16.2 Å². The predicted molar refractivity (Wildman–Crippen MR) is 105 cm³/mol. The van der Waals surface area contributed by atoms with Gasteiger partial charge in [-0.15, -0.1) is 11.3 Å². The van der Waals surface area contributed by atoms with Crippen molar-refractivity contribution in [2.75, 3.05) is 44.8 Å². The van der Waals surface area contributed by atoms with Crippen molar-refractivity contribution in [1.82, 2.24) is 9.88 Å². The van der Waals surface area contributed by atoms with Crippen LogP contribution in [0.25, 0.3) is 0 Å². The molecule has 0 aromatic carbocycles. The Morgan fingerprint density at radius 3 is 3.15 bits per heavy atom. The number of nitrogens with one attached hydrogen (secondary N) is 1. The second-order valence-electron chi connectivity index (χ2n) is 7.55. The molecule has 2 aromatic heterocycles. The molecule has 1 N–H and O–H groups in total. The van der Waals surface area contributed by atoms with Gasteiger partial charge in [0, 0.05) is 48.0 Å². The summed E-state index contributed by atoms with van der Waals surface area (Å²) in [4.78, 5) is 9.22. The summed E-state index contributed by atoms with van der Waals surface area (Å²) in [5, 5.41) is 3.13. The highest BCUT2D eigenvalue weighted by molar-refractivity contribution is 7.11. The third-order valence-electron chi connectivity index (χ3n) is 5.21. The second kappa shape index (κ2) is 8.22. The highest BCUT2D eigenvalue weighted by Crippen LogP contribution is 2.33. The number of aromatic nitrogens is 1. The van der Waals surface area contributed by atoms with Crippen LogP contribution in [-0.2, 0) is 16.0 Å². The zero-order valence-corrected chi connectivity index (χ0v) is 16.4. The van der Waals surface area contributed by atoms with Crippen molar-refractivity contribution in [3.8, 4) is 0 Å². The summed E-state index contributed by atoms with van der Waals surface area (Å²) in [6.07, 6.45) is 2.51. The van der Waals surface area contributed by atoms with Gasteiger partial charge in [-0.2, -0.15) is 0 Å². The van der Waals surface area contributed by atoms with Gasteiger partial charge >= 0.3 is 0 Å². The van der Waals surface area contributed by atoms with Crippen LogP contribution in [-0.4, -0.2) is 54.9 Å². The van der Waals surface area contributed by atoms with Gasteiger partial charge < -0.3 is 14.8 Å². The fourth-order valence-corrected chi connectivity index (χ4v) is 4.88. The largest absolute Gasteiger partial charge is 0.377 e. The molecule has 4 heterocycles. The molecule has 2 aliphatic rings. The van der Waals surface area contributed by atoms with Gasteiger partial charge in [-0.05, 0) is 37.6 Å². The maximum atomic E-state index is 13.7. The minimum absolute atomic E-state index is 0.266. The Kier molecular flexibility index (Phi) is 5.73. The number of ether oxygens (including phenoxy) is 2. The van der Waals surface area contributed by atoms with Crippen molar-refractivity contribution in [2.24, 2.45) is 5.92 Å². The van der Waals surface area contributed by atoms with E-state index in [4.69, 9.17) is 9.47 Å². The number of anilines is 1. The monoisotopic (exact) mass is 391 g/mol. The van der Waals surface area contributed by atoms with Gasteiger partial charge in [-0.3, -0.25) is 4.90 Å². The number of rotatable bonds is 5. The van der Waals surface area contributed by atoms with Crippen LogP contribution in [0.3, 0.4) is 0 Å². The van der Waals surface area contributed by atoms with Crippen LogP contribution in [0.4, 0.5) is 10.2 Å². The van der Waals surface area contributed by atoms with Crippen molar-refractivity contribution < 1.29 is 13.9 Å². The molecule has 7 heteroatoms. The fraction of sp³-hybridized carbons (Fsp3) is 0.550. The van der Waals surface area contributed by atoms with Crippen molar-refractivity contribution in [3.63, 3.8) is 0 Å². The van der Waals surface area contributed by atoms with E-state index in [1.807, 2.05) is 11.3 Å². The maximum absolute atomic E-state index is 13.7. The Morgan fingerprint density at radius 1 is 1.41 bits per heavy atom. The first-order valence-corrected chi connectivity index (χ1v) is 10.3. The molecule has 2 atom stereocenters. The summed E-state index contributed by atoms with van der Waals surface area (Å²) in [6.45, 7) is 7.55. The Labute approximate surface area is 163 Å². The molecule has 146 valence electrons. The molecule has 2 saturated heterocycles. The van der Waals surface area contributed by atoms with Crippen LogP contribution in [0.5, 0.6) is 0 Å². The van der Waals surface area contributed by atoms with Crippen LogP contribution < -0.4 is 5.32 Å². The van der Waals surface area contributed by atoms with Gasteiger partial charge in [-0.1, -0.05) is 0 Å². The third kappa shape index (κ3) is 4.66. The Hall–Kier alpha value is -1.54. The molecule has 0 aliphatic carbocycles. The van der Waals surface area contributed by atoms with E-state index in [0.717, 1.165) is 32.7 Å². The first kappa shape index (κ1) is 18.8. The van der Waals surface area contributed by atoms with Gasteiger partial charge in [0.2, 0.25) is 0 Å². The van der Waals surface area contributed by atoms with E-state index in [1.165, 1.54) is 15.8 Å². The van der Waals surface area contributed by atoms with Gasteiger partial charge in [0.15, 0.2) is 11.6 Å². The number of hydrogen-bond acceptors (Lipinski definition) is 6.